The molecule has 2 rings (SSSR count). The number of hydrogen-bond donors (Lipinski definition) is 2. The highest BCUT2D eigenvalue weighted by Gasteiger charge is 2.38. The number of carbonyl (C=O) groups excluding carboxylic acids is 3. The van der Waals surface area contributed by atoms with E-state index in [1.807, 2.05) is 38.1 Å². The molecule has 1 aromatic carbocycles. The number of amides is 4. The predicted octanol–water partition coefficient (Wildman–Crippen LogP) is 1.35. The molecule has 2 N–H and O–H groups in total. The Kier molecular flexibility index (Phi) is 3.97. The van der Waals surface area contributed by atoms with Crippen LogP contribution in [0.15, 0.2) is 24.3 Å². The molecule has 1 aliphatic rings. The second-order valence-electron chi connectivity index (χ2n) is 5.68. The third-order valence-electron chi connectivity index (χ3n) is 3.69. The average molecular weight is 290 g/mol. The van der Waals surface area contributed by atoms with Gasteiger partial charge in [0, 0.05) is 0 Å². The first-order valence-electron chi connectivity index (χ1n) is 6.64. The molecular weight excluding hydrogens is 272 g/mol. The summed E-state index contributed by atoms with van der Waals surface area (Å²) < 4.78 is 5.11. The van der Waals surface area contributed by atoms with E-state index in [-0.39, 0.29) is 0 Å². The monoisotopic (exact) mass is 290 g/mol. The van der Waals surface area contributed by atoms with E-state index in [4.69, 9.17) is 4.74 Å². The molecule has 0 aliphatic carbocycles. The van der Waals surface area contributed by atoms with Crippen LogP contribution in [0.25, 0.3) is 0 Å². The summed E-state index contributed by atoms with van der Waals surface area (Å²) in [5, 5.41) is 4.24. The second-order valence-corrected chi connectivity index (χ2v) is 5.68. The summed E-state index contributed by atoms with van der Waals surface area (Å²) in [5.41, 5.74) is 0.590. The molecule has 21 heavy (non-hydrogen) atoms. The van der Waals surface area contributed by atoms with Crippen molar-refractivity contribution in [2.75, 3.05) is 7.11 Å². The third-order valence-corrected chi connectivity index (χ3v) is 3.69. The average Bonchev–Trinajstić information content (AvgIpc) is 2.43. The summed E-state index contributed by atoms with van der Waals surface area (Å²) in [6.45, 7) is 3.90. The SMILES string of the molecule is COc1ccc(C(C)(C)CC2C(=O)NC(=O)NC2=O)cc1. The molecule has 6 heteroatoms. The fourth-order valence-corrected chi connectivity index (χ4v) is 2.40. The molecule has 0 bridgehead atoms. The highest BCUT2D eigenvalue weighted by atomic mass is 16.5. The lowest BCUT2D eigenvalue weighted by Gasteiger charge is -2.30. The van der Waals surface area contributed by atoms with Crippen LogP contribution in [-0.2, 0) is 15.0 Å². The standard InChI is InChI=1S/C15H18N2O4/c1-15(2,9-4-6-10(21-3)7-5-9)8-11-12(18)16-14(20)17-13(11)19/h4-7,11H,8H2,1-3H3,(H2,16,17,18,19,20). The van der Waals surface area contributed by atoms with Crippen molar-refractivity contribution in [1.82, 2.24) is 10.6 Å². The minimum atomic E-state index is -0.875. The van der Waals surface area contributed by atoms with Crippen molar-refractivity contribution in [3.8, 4) is 5.75 Å². The smallest absolute Gasteiger partial charge is 0.328 e. The Bertz CT molecular complexity index is 558. The third kappa shape index (κ3) is 3.21. The van der Waals surface area contributed by atoms with Gasteiger partial charge < -0.3 is 4.74 Å². The summed E-state index contributed by atoms with van der Waals surface area (Å²) >= 11 is 0. The van der Waals surface area contributed by atoms with Gasteiger partial charge in [0.2, 0.25) is 11.8 Å². The number of imide groups is 2. The van der Waals surface area contributed by atoms with Crippen LogP contribution in [0.3, 0.4) is 0 Å². The van der Waals surface area contributed by atoms with Crippen LogP contribution < -0.4 is 15.4 Å². The molecule has 0 unspecified atom stereocenters. The Morgan fingerprint density at radius 1 is 1.05 bits per heavy atom. The van der Waals surface area contributed by atoms with Gasteiger partial charge in [-0.3, -0.25) is 20.2 Å². The number of ether oxygens (including phenoxy) is 1. The van der Waals surface area contributed by atoms with Crippen LogP contribution >= 0.6 is 0 Å². The summed E-state index contributed by atoms with van der Waals surface area (Å²) in [5.74, 6) is -1.23. The Labute approximate surface area is 122 Å². The number of nitrogens with one attached hydrogen (secondary N) is 2. The van der Waals surface area contributed by atoms with Crippen molar-refractivity contribution < 1.29 is 19.1 Å². The second kappa shape index (κ2) is 5.55. The predicted molar refractivity (Wildman–Crippen MR) is 75.8 cm³/mol. The van der Waals surface area contributed by atoms with Gasteiger partial charge in [-0.2, -0.15) is 0 Å². The number of benzene rings is 1. The minimum absolute atomic E-state index is 0.310. The zero-order chi connectivity index (χ0) is 15.6. The number of barbiturate groups is 1. The van der Waals surface area contributed by atoms with Gasteiger partial charge in [0.05, 0.1) is 7.11 Å². The molecule has 0 radical (unpaired) electrons. The molecular formula is C15H18N2O4. The van der Waals surface area contributed by atoms with Crippen molar-refractivity contribution >= 4 is 17.8 Å². The summed E-state index contributed by atoms with van der Waals surface area (Å²) in [7, 11) is 1.59. The first kappa shape index (κ1) is 15.0. The van der Waals surface area contributed by atoms with Crippen molar-refractivity contribution in [2.24, 2.45) is 5.92 Å². The normalized spacial score (nSPS) is 16.4. The molecule has 0 saturated carbocycles. The molecule has 1 saturated heterocycles. The molecule has 112 valence electrons. The van der Waals surface area contributed by atoms with E-state index in [0.717, 1.165) is 11.3 Å². The van der Waals surface area contributed by atoms with Crippen LogP contribution in [0.2, 0.25) is 0 Å². The maximum atomic E-state index is 11.8. The highest BCUT2D eigenvalue weighted by Crippen LogP contribution is 2.32. The van der Waals surface area contributed by atoms with Crippen LogP contribution in [0.4, 0.5) is 4.79 Å². The molecule has 0 aromatic heterocycles. The Hall–Kier alpha value is -2.37. The molecule has 6 nitrogen and oxygen atoms in total. The van der Waals surface area contributed by atoms with Crippen LogP contribution in [-0.4, -0.2) is 25.0 Å². The fraction of sp³-hybridized carbons (Fsp3) is 0.400. The maximum absolute atomic E-state index is 11.8. The van der Waals surface area contributed by atoms with Crippen LogP contribution in [0, 0.1) is 5.92 Å². The van der Waals surface area contributed by atoms with E-state index in [0.29, 0.717) is 6.42 Å². The molecule has 0 spiro atoms. The van der Waals surface area contributed by atoms with Crippen molar-refractivity contribution in [2.45, 2.75) is 25.7 Å². The van der Waals surface area contributed by atoms with Crippen molar-refractivity contribution in [3.05, 3.63) is 29.8 Å². The minimum Gasteiger partial charge on any atom is -0.497 e. The van der Waals surface area contributed by atoms with E-state index >= 15 is 0 Å². The van der Waals surface area contributed by atoms with E-state index in [9.17, 15) is 14.4 Å². The first-order chi connectivity index (χ1) is 9.83. The zero-order valence-corrected chi connectivity index (χ0v) is 12.2. The van der Waals surface area contributed by atoms with E-state index < -0.39 is 29.2 Å². The van der Waals surface area contributed by atoms with Gasteiger partial charge in [0.15, 0.2) is 0 Å². The van der Waals surface area contributed by atoms with Gasteiger partial charge >= 0.3 is 6.03 Å². The van der Waals surface area contributed by atoms with Gasteiger partial charge in [0.1, 0.15) is 11.7 Å². The Balaban J connectivity index is 2.17. The first-order valence-corrected chi connectivity index (χ1v) is 6.64. The topological polar surface area (TPSA) is 84.5 Å². The van der Waals surface area contributed by atoms with Crippen LogP contribution in [0.1, 0.15) is 25.8 Å². The zero-order valence-electron chi connectivity index (χ0n) is 12.2. The van der Waals surface area contributed by atoms with Crippen molar-refractivity contribution in [1.29, 1.82) is 0 Å². The van der Waals surface area contributed by atoms with Gasteiger partial charge in [0.25, 0.3) is 0 Å². The number of methoxy groups -OCH3 is 1. The van der Waals surface area contributed by atoms with E-state index in [1.54, 1.807) is 7.11 Å². The molecule has 1 aromatic rings. The number of hydrogen-bond acceptors (Lipinski definition) is 4. The summed E-state index contributed by atoms with van der Waals surface area (Å²) in [6.07, 6.45) is 0.310. The number of urea groups is 1. The van der Waals surface area contributed by atoms with Gasteiger partial charge in [-0.1, -0.05) is 26.0 Å². The van der Waals surface area contributed by atoms with Gasteiger partial charge in [-0.25, -0.2) is 4.79 Å². The van der Waals surface area contributed by atoms with E-state index in [1.165, 1.54) is 0 Å². The Morgan fingerprint density at radius 2 is 1.57 bits per heavy atom. The maximum Gasteiger partial charge on any atom is 0.328 e. The lowest BCUT2D eigenvalue weighted by molar-refractivity contribution is -0.136. The quantitative estimate of drug-likeness (QED) is 0.820. The Morgan fingerprint density at radius 3 is 2.05 bits per heavy atom. The lowest BCUT2D eigenvalue weighted by atomic mass is 9.76. The summed E-state index contributed by atoms with van der Waals surface area (Å²) in [6, 6.07) is 6.72. The molecule has 4 amide bonds. The molecule has 1 fully saturated rings. The van der Waals surface area contributed by atoms with E-state index in [2.05, 4.69) is 10.6 Å². The van der Waals surface area contributed by atoms with Crippen LogP contribution in [0.5, 0.6) is 5.75 Å². The highest BCUT2D eigenvalue weighted by molar-refractivity contribution is 6.16. The number of carbonyl (C=O) groups is 3. The van der Waals surface area contributed by atoms with Gasteiger partial charge in [-0.15, -0.1) is 0 Å². The lowest BCUT2D eigenvalue weighted by Crippen LogP contribution is -2.56. The van der Waals surface area contributed by atoms with Crippen molar-refractivity contribution in [3.63, 3.8) is 0 Å². The molecule has 0 atom stereocenters. The summed E-state index contributed by atoms with van der Waals surface area (Å²) in [4.78, 5) is 34.7. The van der Waals surface area contributed by atoms with Gasteiger partial charge in [-0.05, 0) is 29.5 Å². The molecule has 1 aliphatic heterocycles. The largest absolute Gasteiger partial charge is 0.497 e. The molecule has 1 heterocycles. The fourth-order valence-electron chi connectivity index (χ4n) is 2.40. The number of rotatable bonds is 4.